The van der Waals surface area contributed by atoms with E-state index < -0.39 is 0 Å². The molecule has 1 aliphatic rings. The van der Waals surface area contributed by atoms with Crippen LogP contribution in [0.1, 0.15) is 36.4 Å². The van der Waals surface area contributed by atoms with Gasteiger partial charge in [0, 0.05) is 19.6 Å². The number of amides is 1. The van der Waals surface area contributed by atoms with Crippen molar-refractivity contribution in [3.05, 3.63) is 4.88 Å². The molecule has 118 valence electrons. The zero-order valence-corrected chi connectivity index (χ0v) is 13.5. The van der Waals surface area contributed by atoms with Crippen molar-refractivity contribution >= 4 is 28.2 Å². The van der Waals surface area contributed by atoms with Crippen molar-refractivity contribution in [1.82, 2.24) is 10.3 Å². The molecule has 21 heavy (non-hydrogen) atoms. The summed E-state index contributed by atoms with van der Waals surface area (Å²) in [7, 11) is 0. The number of carbonyl (C=O) groups is 1. The number of rotatable bonds is 6. The smallest absolute Gasteiger partial charge is 0.265 e. The second-order valence-corrected chi connectivity index (χ2v) is 6.58. The molecule has 7 heteroatoms. The van der Waals surface area contributed by atoms with Gasteiger partial charge in [-0.25, -0.2) is 4.98 Å². The van der Waals surface area contributed by atoms with Gasteiger partial charge in [-0.2, -0.15) is 0 Å². The fraction of sp³-hybridized carbons (Fsp3) is 0.714. The molecule has 1 aromatic rings. The van der Waals surface area contributed by atoms with Crippen LogP contribution in [0.2, 0.25) is 0 Å². The van der Waals surface area contributed by atoms with Gasteiger partial charge in [-0.05, 0) is 18.8 Å². The normalized spacial score (nSPS) is 15.5. The van der Waals surface area contributed by atoms with Crippen molar-refractivity contribution in [3.63, 3.8) is 0 Å². The summed E-state index contributed by atoms with van der Waals surface area (Å²) in [6, 6.07) is 0. The lowest BCUT2D eigenvalue weighted by Gasteiger charge is -2.25. The fourth-order valence-electron chi connectivity index (χ4n) is 2.17. The molecule has 3 N–H and O–H groups in total. The zero-order valence-electron chi connectivity index (χ0n) is 12.7. The molecule has 0 aromatic carbocycles. The number of hydrogen-bond donors (Lipinski definition) is 2. The molecule has 1 saturated heterocycles. The Morgan fingerprint density at radius 1 is 1.48 bits per heavy atom. The van der Waals surface area contributed by atoms with E-state index >= 15 is 0 Å². The number of thiazole rings is 1. The Morgan fingerprint density at radius 2 is 2.19 bits per heavy atom. The van der Waals surface area contributed by atoms with E-state index in [1.165, 1.54) is 11.3 Å². The molecular formula is C14H24N4O2S. The number of aromatic nitrogens is 1. The third-order valence-corrected chi connectivity index (χ3v) is 4.50. The van der Waals surface area contributed by atoms with Gasteiger partial charge >= 0.3 is 0 Å². The summed E-state index contributed by atoms with van der Waals surface area (Å²) in [6.07, 6.45) is 2.09. The summed E-state index contributed by atoms with van der Waals surface area (Å²) in [5.41, 5.74) is 5.88. The first-order valence-corrected chi connectivity index (χ1v) is 8.26. The summed E-state index contributed by atoms with van der Waals surface area (Å²) < 4.78 is 5.32. The number of nitrogens with zero attached hydrogens (tertiary/aromatic N) is 2. The van der Waals surface area contributed by atoms with E-state index in [1.54, 1.807) is 0 Å². The van der Waals surface area contributed by atoms with Crippen molar-refractivity contribution in [2.24, 2.45) is 5.92 Å². The number of nitrogens with two attached hydrogens (primary N) is 1. The van der Waals surface area contributed by atoms with E-state index in [9.17, 15) is 4.79 Å². The molecule has 0 unspecified atom stereocenters. The predicted octanol–water partition coefficient (Wildman–Crippen LogP) is 1.73. The van der Waals surface area contributed by atoms with Crippen molar-refractivity contribution in [3.8, 4) is 0 Å². The maximum Gasteiger partial charge on any atom is 0.265 e. The van der Waals surface area contributed by atoms with Crippen LogP contribution in [0.5, 0.6) is 0 Å². The maximum atomic E-state index is 12.1. The van der Waals surface area contributed by atoms with Gasteiger partial charge in [-0.1, -0.05) is 25.2 Å². The summed E-state index contributed by atoms with van der Waals surface area (Å²) >= 11 is 1.36. The number of nitrogen functional groups attached to an aromatic ring is 1. The van der Waals surface area contributed by atoms with Crippen molar-refractivity contribution in [1.29, 1.82) is 0 Å². The lowest BCUT2D eigenvalue weighted by molar-refractivity contribution is 0.0957. The summed E-state index contributed by atoms with van der Waals surface area (Å²) in [5, 5.41) is 3.73. The van der Waals surface area contributed by atoms with Gasteiger partial charge < -0.3 is 20.7 Å². The molecule has 1 fully saturated rings. The molecule has 2 heterocycles. The van der Waals surface area contributed by atoms with Crippen LogP contribution in [0.3, 0.4) is 0 Å². The number of nitrogens with one attached hydrogen (secondary N) is 1. The van der Waals surface area contributed by atoms with Gasteiger partial charge in [-0.3, -0.25) is 4.79 Å². The first-order chi connectivity index (χ1) is 10.1. The Kier molecular flexibility index (Phi) is 5.81. The highest BCUT2D eigenvalue weighted by Gasteiger charge is 2.20. The highest BCUT2D eigenvalue weighted by Crippen LogP contribution is 2.28. The fourth-order valence-corrected chi connectivity index (χ4v) is 3.12. The molecule has 0 aliphatic carbocycles. The molecule has 1 aliphatic heterocycles. The number of carbonyl (C=O) groups excluding carboxylic acids is 1. The second-order valence-electron chi connectivity index (χ2n) is 5.60. The number of hydrogen-bond acceptors (Lipinski definition) is 6. The highest BCUT2D eigenvalue weighted by molar-refractivity contribution is 7.18. The third kappa shape index (κ3) is 4.57. The molecule has 6 nitrogen and oxygen atoms in total. The number of ether oxygens (including phenoxy) is 1. The molecule has 0 bridgehead atoms. The van der Waals surface area contributed by atoms with Crippen LogP contribution in [0.15, 0.2) is 0 Å². The Balaban J connectivity index is 1.90. The molecule has 0 spiro atoms. The minimum atomic E-state index is -0.117. The van der Waals surface area contributed by atoms with E-state index in [4.69, 9.17) is 10.5 Å². The van der Waals surface area contributed by atoms with Crippen LogP contribution in [0.4, 0.5) is 10.9 Å². The van der Waals surface area contributed by atoms with Crippen LogP contribution in [0, 0.1) is 5.92 Å². The van der Waals surface area contributed by atoms with Crippen molar-refractivity contribution < 1.29 is 9.53 Å². The van der Waals surface area contributed by atoms with E-state index in [0.717, 1.165) is 31.1 Å². The van der Waals surface area contributed by atoms with Crippen LogP contribution >= 0.6 is 11.3 Å². The molecule has 1 aromatic heterocycles. The average molecular weight is 312 g/mol. The first kappa shape index (κ1) is 16.0. The zero-order chi connectivity index (χ0) is 15.2. The third-order valence-electron chi connectivity index (χ3n) is 3.37. The quantitative estimate of drug-likeness (QED) is 0.782. The summed E-state index contributed by atoms with van der Waals surface area (Å²) in [4.78, 5) is 19.1. The standard InChI is InChI=1S/C14H24N4O2S/c1-10(2)4-3-5-16-13(19)11-12(15)17-14(21-11)18-6-8-20-9-7-18/h10H,3-9,15H2,1-2H3,(H,16,19). The molecule has 0 atom stereocenters. The van der Waals surface area contributed by atoms with Crippen LogP contribution in [-0.2, 0) is 4.74 Å². The van der Waals surface area contributed by atoms with Crippen LogP contribution in [0.25, 0.3) is 0 Å². The second kappa shape index (κ2) is 7.61. The lowest BCUT2D eigenvalue weighted by Crippen LogP contribution is -2.36. The minimum Gasteiger partial charge on any atom is -0.382 e. The van der Waals surface area contributed by atoms with Crippen LogP contribution < -0.4 is 16.0 Å². The van der Waals surface area contributed by atoms with Gasteiger partial charge in [0.2, 0.25) is 0 Å². The Labute approximate surface area is 129 Å². The van der Waals surface area contributed by atoms with Gasteiger partial charge in [0.1, 0.15) is 10.7 Å². The van der Waals surface area contributed by atoms with E-state index in [0.29, 0.717) is 36.4 Å². The predicted molar refractivity (Wildman–Crippen MR) is 86.0 cm³/mol. The Morgan fingerprint density at radius 3 is 2.86 bits per heavy atom. The van der Waals surface area contributed by atoms with Crippen molar-refractivity contribution in [2.45, 2.75) is 26.7 Å². The topological polar surface area (TPSA) is 80.5 Å². The van der Waals surface area contributed by atoms with E-state index in [1.807, 2.05) is 0 Å². The maximum absolute atomic E-state index is 12.1. The molecule has 2 rings (SSSR count). The highest BCUT2D eigenvalue weighted by atomic mass is 32.1. The molecular weight excluding hydrogens is 288 g/mol. The monoisotopic (exact) mass is 312 g/mol. The Bertz CT molecular complexity index is 470. The SMILES string of the molecule is CC(C)CCCNC(=O)c1sc(N2CCOCC2)nc1N. The first-order valence-electron chi connectivity index (χ1n) is 7.45. The summed E-state index contributed by atoms with van der Waals surface area (Å²) in [5.74, 6) is 0.861. The summed E-state index contributed by atoms with van der Waals surface area (Å²) in [6.45, 7) is 8.01. The van der Waals surface area contributed by atoms with Gasteiger partial charge in [-0.15, -0.1) is 0 Å². The molecule has 1 amide bonds. The van der Waals surface area contributed by atoms with Crippen molar-refractivity contribution in [2.75, 3.05) is 43.5 Å². The van der Waals surface area contributed by atoms with Crippen LogP contribution in [-0.4, -0.2) is 43.7 Å². The average Bonchev–Trinajstić information content (AvgIpc) is 2.86. The molecule has 0 radical (unpaired) electrons. The number of anilines is 2. The Hall–Kier alpha value is -1.34. The largest absolute Gasteiger partial charge is 0.382 e. The van der Waals surface area contributed by atoms with E-state index in [2.05, 4.69) is 29.0 Å². The van der Waals surface area contributed by atoms with Gasteiger partial charge in [0.05, 0.1) is 13.2 Å². The molecule has 0 saturated carbocycles. The van der Waals surface area contributed by atoms with Gasteiger partial charge in [0.15, 0.2) is 5.13 Å². The number of morpholine rings is 1. The van der Waals surface area contributed by atoms with Gasteiger partial charge in [0.25, 0.3) is 5.91 Å². The minimum absolute atomic E-state index is 0.117. The lowest BCUT2D eigenvalue weighted by atomic mass is 10.1. The van der Waals surface area contributed by atoms with E-state index in [-0.39, 0.29) is 5.91 Å².